The van der Waals surface area contributed by atoms with Crippen LogP contribution in [0.2, 0.25) is 0 Å². The molecule has 0 aromatic heterocycles. The zero-order chi connectivity index (χ0) is 15.5. The van der Waals surface area contributed by atoms with E-state index in [1.807, 2.05) is 0 Å². The third kappa shape index (κ3) is 4.68. The van der Waals surface area contributed by atoms with Gasteiger partial charge >= 0.3 is 6.18 Å². The zero-order valence-corrected chi connectivity index (χ0v) is 12.1. The Kier molecular flexibility index (Phi) is 5.22. The Hall–Kier alpha value is -1.14. The minimum Gasteiger partial charge on any atom is -0.304 e. The van der Waals surface area contributed by atoms with Gasteiger partial charge in [-0.3, -0.25) is 0 Å². The lowest BCUT2D eigenvalue weighted by molar-refractivity contribution is -0.140. The maximum atomic E-state index is 13.2. The van der Waals surface area contributed by atoms with Crippen LogP contribution in [-0.4, -0.2) is 49.6 Å². The summed E-state index contributed by atoms with van der Waals surface area (Å²) in [6.45, 7) is 4.90. The van der Waals surface area contributed by atoms with Gasteiger partial charge in [-0.1, -0.05) is 6.07 Å². The summed E-state index contributed by atoms with van der Waals surface area (Å²) >= 11 is 0. The Morgan fingerprint density at radius 3 is 2.38 bits per heavy atom. The van der Waals surface area contributed by atoms with Crippen LogP contribution >= 0.6 is 0 Å². The topological polar surface area (TPSA) is 6.48 Å². The number of likely N-dealkylation sites (N-methyl/N-ethyl adjacent to an activating group) is 1. The van der Waals surface area contributed by atoms with Crippen LogP contribution in [0.5, 0.6) is 0 Å². The van der Waals surface area contributed by atoms with E-state index in [9.17, 15) is 17.6 Å². The standard InChI is InChI=1S/C15H20F4N2/c1-20-7-9-21(10-8-20)6-2-3-12-4-5-14(16)13(11-12)15(17,18)19/h4-5,11H,2-3,6-10H2,1H3. The molecule has 0 bridgehead atoms. The molecule has 21 heavy (non-hydrogen) atoms. The van der Waals surface area contributed by atoms with Gasteiger partial charge in [0.15, 0.2) is 0 Å². The first-order valence-corrected chi connectivity index (χ1v) is 7.13. The lowest BCUT2D eigenvalue weighted by atomic mass is 10.1. The average Bonchev–Trinajstić information content (AvgIpc) is 2.41. The highest BCUT2D eigenvalue weighted by Gasteiger charge is 2.34. The molecule has 0 saturated carbocycles. The number of alkyl halides is 3. The van der Waals surface area contributed by atoms with Crippen LogP contribution in [0.3, 0.4) is 0 Å². The van der Waals surface area contributed by atoms with E-state index in [1.54, 1.807) is 0 Å². The lowest BCUT2D eigenvalue weighted by Crippen LogP contribution is -2.44. The summed E-state index contributed by atoms with van der Waals surface area (Å²) in [6.07, 6.45) is -3.31. The summed E-state index contributed by atoms with van der Waals surface area (Å²) in [5.41, 5.74) is -0.627. The quantitative estimate of drug-likeness (QED) is 0.789. The molecular formula is C15H20F4N2. The minimum atomic E-state index is -4.63. The van der Waals surface area contributed by atoms with Crippen molar-refractivity contribution >= 4 is 0 Å². The van der Waals surface area contributed by atoms with E-state index in [1.165, 1.54) is 6.07 Å². The van der Waals surface area contributed by atoms with Crippen LogP contribution in [0.4, 0.5) is 17.6 Å². The molecule has 1 fully saturated rings. The number of aryl methyl sites for hydroxylation is 1. The Morgan fingerprint density at radius 1 is 1.10 bits per heavy atom. The summed E-state index contributed by atoms with van der Waals surface area (Å²) in [7, 11) is 2.08. The molecule has 0 aliphatic carbocycles. The maximum absolute atomic E-state index is 13.2. The molecule has 1 aromatic rings. The summed E-state index contributed by atoms with van der Waals surface area (Å²) in [4.78, 5) is 4.57. The first-order chi connectivity index (χ1) is 9.86. The van der Waals surface area contributed by atoms with Gasteiger partial charge in [-0.15, -0.1) is 0 Å². The monoisotopic (exact) mass is 304 g/mol. The number of hydrogen-bond donors (Lipinski definition) is 0. The summed E-state index contributed by atoms with van der Waals surface area (Å²) in [5.74, 6) is -1.20. The van der Waals surface area contributed by atoms with Crippen molar-refractivity contribution in [1.82, 2.24) is 9.80 Å². The molecule has 1 heterocycles. The van der Waals surface area contributed by atoms with Gasteiger partial charge in [0.1, 0.15) is 5.82 Å². The zero-order valence-electron chi connectivity index (χ0n) is 12.1. The predicted octanol–water partition coefficient (Wildman–Crippen LogP) is 3.02. The van der Waals surface area contributed by atoms with Gasteiger partial charge in [-0.05, 0) is 44.1 Å². The van der Waals surface area contributed by atoms with Crippen LogP contribution < -0.4 is 0 Å². The number of nitrogens with zero attached hydrogens (tertiary/aromatic N) is 2. The van der Waals surface area contributed by atoms with Crippen LogP contribution in [0, 0.1) is 5.82 Å². The van der Waals surface area contributed by atoms with Crippen LogP contribution in [0.1, 0.15) is 17.5 Å². The molecule has 0 spiro atoms. The molecule has 0 N–H and O–H groups in total. The highest BCUT2D eigenvalue weighted by atomic mass is 19.4. The second-order valence-electron chi connectivity index (χ2n) is 5.56. The van der Waals surface area contributed by atoms with Crippen molar-refractivity contribution in [3.05, 3.63) is 35.1 Å². The van der Waals surface area contributed by atoms with Gasteiger partial charge in [0.2, 0.25) is 0 Å². The first-order valence-electron chi connectivity index (χ1n) is 7.13. The van der Waals surface area contributed by atoms with Crippen molar-refractivity contribution in [2.24, 2.45) is 0 Å². The van der Waals surface area contributed by atoms with Crippen LogP contribution in [0.15, 0.2) is 18.2 Å². The Bertz CT molecular complexity index is 465. The molecule has 6 heteroatoms. The molecular weight excluding hydrogens is 284 g/mol. The van der Waals surface area contributed by atoms with Gasteiger partial charge in [-0.2, -0.15) is 13.2 Å². The number of rotatable bonds is 4. The molecule has 0 radical (unpaired) electrons. The van der Waals surface area contributed by atoms with Crippen molar-refractivity contribution in [2.75, 3.05) is 39.8 Å². The Labute approximate surface area is 122 Å². The summed E-state index contributed by atoms with van der Waals surface area (Å²) in [5, 5.41) is 0. The van der Waals surface area contributed by atoms with E-state index < -0.39 is 17.6 Å². The average molecular weight is 304 g/mol. The number of benzene rings is 1. The summed E-state index contributed by atoms with van der Waals surface area (Å²) < 4.78 is 51.1. The second kappa shape index (κ2) is 6.75. The van der Waals surface area contributed by atoms with E-state index >= 15 is 0 Å². The van der Waals surface area contributed by atoms with E-state index in [-0.39, 0.29) is 0 Å². The Morgan fingerprint density at radius 2 is 1.76 bits per heavy atom. The van der Waals surface area contributed by atoms with E-state index in [0.717, 1.165) is 51.3 Å². The fraction of sp³-hybridized carbons (Fsp3) is 0.600. The second-order valence-corrected chi connectivity index (χ2v) is 5.56. The number of halogens is 4. The molecule has 1 aliphatic rings. The minimum absolute atomic E-state index is 0.537. The highest BCUT2D eigenvalue weighted by molar-refractivity contribution is 5.27. The van der Waals surface area contributed by atoms with Crippen molar-refractivity contribution < 1.29 is 17.6 Å². The van der Waals surface area contributed by atoms with Gasteiger partial charge in [0.05, 0.1) is 5.56 Å². The van der Waals surface area contributed by atoms with Crippen LogP contribution in [0.25, 0.3) is 0 Å². The molecule has 2 rings (SSSR count). The molecule has 0 amide bonds. The molecule has 1 aliphatic heterocycles. The fourth-order valence-corrected chi connectivity index (χ4v) is 2.52. The molecule has 0 unspecified atom stereocenters. The number of piperazine rings is 1. The van der Waals surface area contributed by atoms with Crippen molar-refractivity contribution in [3.63, 3.8) is 0 Å². The van der Waals surface area contributed by atoms with Crippen molar-refractivity contribution in [2.45, 2.75) is 19.0 Å². The lowest BCUT2D eigenvalue weighted by Gasteiger charge is -2.32. The van der Waals surface area contributed by atoms with E-state index in [4.69, 9.17) is 0 Å². The van der Waals surface area contributed by atoms with Crippen LogP contribution in [-0.2, 0) is 12.6 Å². The van der Waals surface area contributed by atoms with Crippen molar-refractivity contribution in [1.29, 1.82) is 0 Å². The maximum Gasteiger partial charge on any atom is 0.419 e. The Balaban J connectivity index is 1.86. The summed E-state index contributed by atoms with van der Waals surface area (Å²) in [6, 6.07) is 3.28. The van der Waals surface area contributed by atoms with Gasteiger partial charge in [-0.25, -0.2) is 4.39 Å². The highest BCUT2D eigenvalue weighted by Crippen LogP contribution is 2.32. The third-order valence-electron chi connectivity index (χ3n) is 3.87. The van der Waals surface area contributed by atoms with Gasteiger partial charge in [0, 0.05) is 26.2 Å². The first kappa shape index (κ1) is 16.2. The smallest absolute Gasteiger partial charge is 0.304 e. The SMILES string of the molecule is CN1CCN(CCCc2ccc(F)c(C(F)(F)F)c2)CC1. The largest absolute Gasteiger partial charge is 0.419 e. The van der Waals surface area contributed by atoms with E-state index in [0.29, 0.717) is 12.0 Å². The molecule has 1 saturated heterocycles. The van der Waals surface area contributed by atoms with Crippen molar-refractivity contribution in [3.8, 4) is 0 Å². The number of hydrogen-bond acceptors (Lipinski definition) is 2. The normalized spacial score (nSPS) is 18.1. The molecule has 118 valence electrons. The fourth-order valence-electron chi connectivity index (χ4n) is 2.52. The molecule has 2 nitrogen and oxygen atoms in total. The van der Waals surface area contributed by atoms with Gasteiger partial charge in [0.25, 0.3) is 0 Å². The predicted molar refractivity (Wildman–Crippen MR) is 73.7 cm³/mol. The van der Waals surface area contributed by atoms with E-state index in [2.05, 4.69) is 16.8 Å². The molecule has 1 aromatic carbocycles. The third-order valence-corrected chi connectivity index (χ3v) is 3.87. The molecule has 0 atom stereocenters. The van der Waals surface area contributed by atoms with Gasteiger partial charge < -0.3 is 9.80 Å².